The van der Waals surface area contributed by atoms with E-state index >= 15 is 0 Å². The van der Waals surface area contributed by atoms with Gasteiger partial charge in [0.05, 0.1) is 4.83 Å². The molecule has 1 atom stereocenters. The Balaban J connectivity index is 2.31. The molecule has 0 bridgehead atoms. The minimum Gasteiger partial charge on any atom is -0.126 e. The lowest BCUT2D eigenvalue weighted by Gasteiger charge is -2.07. The van der Waals surface area contributed by atoms with Crippen LogP contribution in [0.1, 0.15) is 20.8 Å². The minimum absolute atomic E-state index is 0.210. The van der Waals surface area contributed by atoms with Gasteiger partial charge in [0.1, 0.15) is 4.34 Å². The highest BCUT2D eigenvalue weighted by Gasteiger charge is 2.14. The first-order valence-electron chi connectivity index (χ1n) is 4.73. The Labute approximate surface area is 121 Å². The van der Waals surface area contributed by atoms with Crippen LogP contribution < -0.4 is 0 Å². The van der Waals surface area contributed by atoms with E-state index in [1.807, 2.05) is 0 Å². The Bertz CT molecular complexity index is 471. The first-order valence-corrected chi connectivity index (χ1v) is 7.63. The monoisotopic (exact) mass is 378 g/mol. The van der Waals surface area contributed by atoms with Crippen LogP contribution in [-0.2, 0) is 0 Å². The summed E-state index contributed by atoms with van der Waals surface area (Å²) in [7, 11) is 0. The van der Waals surface area contributed by atoms with Gasteiger partial charge in [0.2, 0.25) is 0 Å². The van der Waals surface area contributed by atoms with Crippen molar-refractivity contribution in [2.45, 2.75) is 11.8 Å². The van der Waals surface area contributed by atoms with Crippen LogP contribution in [0, 0.1) is 6.92 Å². The van der Waals surface area contributed by atoms with Crippen LogP contribution in [0.3, 0.4) is 0 Å². The first kappa shape index (κ1) is 12.6. The summed E-state index contributed by atoms with van der Waals surface area (Å²) in [5.41, 5.74) is 2.52. The quantitative estimate of drug-likeness (QED) is 0.564. The van der Waals surface area contributed by atoms with Crippen LogP contribution in [0.5, 0.6) is 0 Å². The number of thiophene rings is 1. The van der Waals surface area contributed by atoms with Crippen LogP contribution >= 0.6 is 54.8 Å². The van der Waals surface area contributed by atoms with Gasteiger partial charge in [0.25, 0.3) is 0 Å². The van der Waals surface area contributed by atoms with Crippen molar-refractivity contribution < 1.29 is 0 Å². The maximum absolute atomic E-state index is 6.04. The molecule has 84 valence electrons. The molecule has 0 fully saturated rings. The van der Waals surface area contributed by atoms with Crippen LogP contribution in [0.4, 0.5) is 0 Å². The van der Waals surface area contributed by atoms with Crippen LogP contribution in [0.25, 0.3) is 0 Å². The van der Waals surface area contributed by atoms with E-state index in [0.717, 1.165) is 8.81 Å². The average Bonchev–Trinajstić information content (AvgIpc) is 2.59. The zero-order valence-electron chi connectivity index (χ0n) is 8.51. The summed E-state index contributed by atoms with van der Waals surface area (Å²) in [4.78, 5) is 1.42. The summed E-state index contributed by atoms with van der Waals surface area (Å²) in [6.07, 6.45) is 0. The molecule has 0 aliphatic rings. The molecular formula is C12H9Br2ClS. The predicted octanol–water partition coefficient (Wildman–Crippen LogP) is 5.96. The number of benzene rings is 1. The molecule has 0 saturated heterocycles. The number of hydrogen-bond acceptors (Lipinski definition) is 1. The summed E-state index contributed by atoms with van der Waals surface area (Å²) >= 11 is 14.8. The molecule has 2 rings (SSSR count). The number of aryl methyl sites for hydroxylation is 1. The molecular weight excluding hydrogens is 371 g/mol. The molecule has 4 heteroatoms. The molecule has 0 radical (unpaired) electrons. The van der Waals surface area contributed by atoms with Crippen molar-refractivity contribution in [3.8, 4) is 0 Å². The molecule has 0 aliphatic heterocycles. The SMILES string of the molecule is Cc1ccc(C(Br)c2cc(Br)c(Cl)s2)cc1. The van der Waals surface area contributed by atoms with Crippen LogP contribution in [-0.4, -0.2) is 0 Å². The van der Waals surface area contributed by atoms with E-state index in [2.05, 4.69) is 69.1 Å². The normalized spacial score (nSPS) is 12.8. The van der Waals surface area contributed by atoms with Crippen molar-refractivity contribution >= 4 is 54.8 Å². The predicted molar refractivity (Wildman–Crippen MR) is 79.0 cm³/mol. The zero-order chi connectivity index (χ0) is 11.7. The lowest BCUT2D eigenvalue weighted by molar-refractivity contribution is 1.21. The highest BCUT2D eigenvalue weighted by molar-refractivity contribution is 9.10. The van der Waals surface area contributed by atoms with Gasteiger partial charge in [-0.3, -0.25) is 0 Å². The maximum Gasteiger partial charge on any atom is 0.107 e. The minimum atomic E-state index is 0.210. The largest absolute Gasteiger partial charge is 0.126 e. The molecule has 1 aromatic heterocycles. The van der Waals surface area contributed by atoms with Gasteiger partial charge in [-0.1, -0.05) is 57.4 Å². The fraction of sp³-hybridized carbons (Fsp3) is 0.167. The molecule has 2 aromatic rings. The molecule has 0 saturated carbocycles. The maximum atomic E-state index is 6.04. The van der Waals surface area contributed by atoms with Crippen molar-refractivity contribution in [1.29, 1.82) is 0 Å². The van der Waals surface area contributed by atoms with Gasteiger partial charge >= 0.3 is 0 Å². The topological polar surface area (TPSA) is 0 Å². The molecule has 1 aromatic carbocycles. The second kappa shape index (κ2) is 5.21. The summed E-state index contributed by atoms with van der Waals surface area (Å²) in [5.74, 6) is 0. The lowest BCUT2D eigenvalue weighted by atomic mass is 10.1. The Morgan fingerprint density at radius 1 is 1.25 bits per heavy atom. The van der Waals surface area contributed by atoms with Gasteiger partial charge in [-0.2, -0.15) is 0 Å². The van der Waals surface area contributed by atoms with E-state index in [9.17, 15) is 0 Å². The van der Waals surface area contributed by atoms with Crippen molar-refractivity contribution in [2.24, 2.45) is 0 Å². The summed E-state index contributed by atoms with van der Waals surface area (Å²) < 4.78 is 1.76. The van der Waals surface area contributed by atoms with Crippen molar-refractivity contribution in [3.05, 3.63) is 55.1 Å². The third kappa shape index (κ3) is 2.70. The fourth-order valence-corrected chi connectivity index (χ4v) is 3.85. The van der Waals surface area contributed by atoms with E-state index < -0.39 is 0 Å². The lowest BCUT2D eigenvalue weighted by Crippen LogP contribution is -1.88. The van der Waals surface area contributed by atoms with Gasteiger partial charge in [-0.05, 0) is 34.5 Å². The molecule has 1 heterocycles. The first-order chi connectivity index (χ1) is 7.58. The Kier molecular flexibility index (Phi) is 4.11. The fourth-order valence-electron chi connectivity index (χ4n) is 1.39. The third-order valence-corrected chi connectivity index (χ3v) is 6.15. The molecule has 16 heavy (non-hydrogen) atoms. The molecule has 0 spiro atoms. The highest BCUT2D eigenvalue weighted by Crippen LogP contribution is 2.41. The van der Waals surface area contributed by atoms with Gasteiger partial charge in [-0.25, -0.2) is 0 Å². The smallest absolute Gasteiger partial charge is 0.107 e. The Morgan fingerprint density at radius 3 is 2.38 bits per heavy atom. The van der Waals surface area contributed by atoms with E-state index in [4.69, 9.17) is 11.6 Å². The van der Waals surface area contributed by atoms with Crippen LogP contribution in [0.2, 0.25) is 4.34 Å². The second-order valence-corrected chi connectivity index (χ2v) is 7.00. The number of hydrogen-bond donors (Lipinski definition) is 0. The van der Waals surface area contributed by atoms with Gasteiger partial charge in [0, 0.05) is 9.35 Å². The molecule has 0 amide bonds. The molecule has 0 N–H and O–H groups in total. The van der Waals surface area contributed by atoms with E-state index in [-0.39, 0.29) is 4.83 Å². The average molecular weight is 381 g/mol. The number of halogens is 3. The summed E-state index contributed by atoms with van der Waals surface area (Å²) in [6.45, 7) is 2.09. The van der Waals surface area contributed by atoms with Crippen molar-refractivity contribution in [1.82, 2.24) is 0 Å². The van der Waals surface area contributed by atoms with E-state index in [0.29, 0.717) is 0 Å². The van der Waals surface area contributed by atoms with Crippen molar-refractivity contribution in [3.63, 3.8) is 0 Å². The summed E-state index contributed by atoms with van der Waals surface area (Å²) in [5, 5.41) is 0. The third-order valence-electron chi connectivity index (χ3n) is 2.28. The Morgan fingerprint density at radius 2 is 1.88 bits per heavy atom. The van der Waals surface area contributed by atoms with Gasteiger partial charge < -0.3 is 0 Å². The van der Waals surface area contributed by atoms with E-state index in [1.165, 1.54) is 16.0 Å². The number of alkyl halides is 1. The Hall–Kier alpha value is 0.170. The van der Waals surface area contributed by atoms with Gasteiger partial charge in [0.15, 0.2) is 0 Å². The van der Waals surface area contributed by atoms with Crippen molar-refractivity contribution in [2.75, 3.05) is 0 Å². The molecule has 0 nitrogen and oxygen atoms in total. The zero-order valence-corrected chi connectivity index (χ0v) is 13.3. The number of rotatable bonds is 2. The van der Waals surface area contributed by atoms with Crippen LogP contribution in [0.15, 0.2) is 34.8 Å². The van der Waals surface area contributed by atoms with E-state index in [1.54, 1.807) is 11.3 Å². The standard InChI is InChI=1S/C12H9Br2ClS/c1-7-2-4-8(5-3-7)11(14)10-6-9(13)12(15)16-10/h2-6,11H,1H3. The highest BCUT2D eigenvalue weighted by atomic mass is 79.9. The second-order valence-electron chi connectivity index (χ2n) is 3.54. The summed E-state index contributed by atoms with van der Waals surface area (Å²) in [6, 6.07) is 10.6. The van der Waals surface area contributed by atoms with Gasteiger partial charge in [-0.15, -0.1) is 11.3 Å². The molecule has 1 unspecified atom stereocenters. The molecule has 0 aliphatic carbocycles.